The molecule has 0 radical (unpaired) electrons. The molecule has 8 atom stereocenters. The Morgan fingerprint density at radius 1 is 0.921 bits per heavy atom. The lowest BCUT2D eigenvalue weighted by molar-refractivity contribution is -0.182. The molecule has 4 saturated carbocycles. The van der Waals surface area contributed by atoms with Gasteiger partial charge in [-0.15, -0.1) is 0 Å². The van der Waals surface area contributed by atoms with Gasteiger partial charge < -0.3 is 14.4 Å². The number of esters is 1. The third-order valence-corrected chi connectivity index (χ3v) is 12.0. The minimum atomic E-state index is -0.460. The van der Waals surface area contributed by atoms with Crippen LogP contribution in [0.4, 0.5) is 0 Å². The van der Waals surface area contributed by atoms with Gasteiger partial charge in [-0.3, -0.25) is 19.3 Å². The van der Waals surface area contributed by atoms with E-state index >= 15 is 0 Å². The number of ether oxygens (including phenoxy) is 2. The Hall–Kier alpha value is -1.47. The van der Waals surface area contributed by atoms with Crippen molar-refractivity contribution in [2.24, 2.45) is 40.4 Å². The first-order chi connectivity index (χ1) is 17.9. The molecule has 5 fully saturated rings. The summed E-state index contributed by atoms with van der Waals surface area (Å²) in [6, 6.07) is 0. The number of hydrogen-bond donors (Lipinski definition) is 0. The Labute approximate surface area is 229 Å². The van der Waals surface area contributed by atoms with Crippen LogP contribution < -0.4 is 0 Å². The minimum Gasteiger partial charge on any atom is -0.458 e. The monoisotopic (exact) mass is 530 g/mol. The van der Waals surface area contributed by atoms with Crippen LogP contribution in [0.25, 0.3) is 0 Å². The summed E-state index contributed by atoms with van der Waals surface area (Å²) >= 11 is 0. The third kappa shape index (κ3) is 5.07. The van der Waals surface area contributed by atoms with Crippen molar-refractivity contribution in [1.29, 1.82) is 0 Å². The van der Waals surface area contributed by atoms with Gasteiger partial charge in [0.1, 0.15) is 17.9 Å². The van der Waals surface area contributed by atoms with Crippen LogP contribution in [0.5, 0.6) is 0 Å². The Kier molecular flexibility index (Phi) is 7.75. The Morgan fingerprint density at radius 2 is 1.63 bits per heavy atom. The lowest BCUT2D eigenvalue weighted by Gasteiger charge is -2.62. The number of hydrogen-bond acceptors (Lipinski definition) is 6. The van der Waals surface area contributed by atoms with Gasteiger partial charge in [-0.1, -0.05) is 13.8 Å². The van der Waals surface area contributed by atoms with Crippen molar-refractivity contribution in [2.45, 2.75) is 91.1 Å². The lowest BCUT2D eigenvalue weighted by atomic mass is 9.44. The summed E-state index contributed by atoms with van der Waals surface area (Å²) in [6.45, 7) is 12.0. The van der Waals surface area contributed by atoms with E-state index in [1.807, 2.05) is 6.92 Å². The van der Waals surface area contributed by atoms with Crippen LogP contribution >= 0.6 is 0 Å². The number of fused-ring (bicyclic) bond motifs is 5. The van der Waals surface area contributed by atoms with Gasteiger partial charge >= 0.3 is 5.97 Å². The molecule has 5 aliphatic rings. The van der Waals surface area contributed by atoms with E-state index in [1.165, 1.54) is 37.0 Å². The van der Waals surface area contributed by atoms with E-state index in [2.05, 4.69) is 25.7 Å². The number of nitrogens with zero attached hydrogens (tertiary/aromatic N) is 2. The number of Topliss-reactive ketones (excluding diaryl/α,β-unsaturated/α-hetero) is 1. The number of rotatable bonds is 6. The second kappa shape index (κ2) is 10.5. The molecule has 38 heavy (non-hydrogen) atoms. The van der Waals surface area contributed by atoms with Crippen molar-refractivity contribution in [3.63, 3.8) is 0 Å². The van der Waals surface area contributed by atoms with Gasteiger partial charge in [0, 0.05) is 26.1 Å². The summed E-state index contributed by atoms with van der Waals surface area (Å²) in [7, 11) is 1.70. The fraction of sp³-hybridized carbons (Fsp3) is 0.903. The van der Waals surface area contributed by atoms with Gasteiger partial charge in [-0.05, 0) is 106 Å². The van der Waals surface area contributed by atoms with Crippen molar-refractivity contribution in [3.05, 3.63) is 0 Å². The summed E-state index contributed by atoms with van der Waals surface area (Å²) in [5, 5.41) is 0. The Balaban J connectivity index is 1.17. The van der Waals surface area contributed by atoms with Crippen molar-refractivity contribution in [2.75, 3.05) is 46.4 Å². The predicted molar refractivity (Wildman–Crippen MR) is 145 cm³/mol. The van der Waals surface area contributed by atoms with Crippen molar-refractivity contribution >= 4 is 17.7 Å². The van der Waals surface area contributed by atoms with Crippen LogP contribution in [0.15, 0.2) is 0 Å². The first-order valence-corrected chi connectivity index (χ1v) is 15.2. The lowest BCUT2D eigenvalue weighted by Crippen LogP contribution is -2.56. The van der Waals surface area contributed by atoms with E-state index in [4.69, 9.17) is 9.47 Å². The maximum atomic E-state index is 13.0. The molecule has 0 bridgehead atoms. The quantitative estimate of drug-likeness (QED) is 0.476. The molecule has 1 heterocycles. The number of carbonyl (C=O) groups is 3. The van der Waals surface area contributed by atoms with Gasteiger partial charge in [-0.25, -0.2) is 0 Å². The highest BCUT2D eigenvalue weighted by Gasteiger charge is 2.61. The van der Waals surface area contributed by atoms with E-state index in [-0.39, 0.29) is 35.2 Å². The maximum absolute atomic E-state index is 13.0. The van der Waals surface area contributed by atoms with Crippen molar-refractivity contribution < 1.29 is 23.9 Å². The molecule has 0 spiro atoms. The van der Waals surface area contributed by atoms with Crippen LogP contribution in [0.2, 0.25) is 0 Å². The molecular weight excluding hydrogens is 480 g/mol. The van der Waals surface area contributed by atoms with Crippen LogP contribution in [0.3, 0.4) is 0 Å². The minimum absolute atomic E-state index is 0.00295. The molecule has 214 valence electrons. The van der Waals surface area contributed by atoms with Gasteiger partial charge in [0.2, 0.25) is 5.91 Å². The highest BCUT2D eigenvalue weighted by atomic mass is 16.6. The maximum Gasteiger partial charge on any atom is 0.326 e. The van der Waals surface area contributed by atoms with Gasteiger partial charge in [0.25, 0.3) is 0 Å². The summed E-state index contributed by atoms with van der Waals surface area (Å²) in [4.78, 5) is 41.6. The third-order valence-electron chi connectivity index (χ3n) is 12.0. The molecule has 1 amide bonds. The fourth-order valence-electron chi connectivity index (χ4n) is 9.84. The summed E-state index contributed by atoms with van der Waals surface area (Å²) in [6.07, 6.45) is 10.1. The molecule has 0 unspecified atom stereocenters. The molecule has 0 aromatic carbocycles. The van der Waals surface area contributed by atoms with Gasteiger partial charge in [-0.2, -0.15) is 0 Å². The van der Waals surface area contributed by atoms with Crippen LogP contribution in [-0.2, 0) is 23.9 Å². The van der Waals surface area contributed by atoms with Crippen LogP contribution in [0, 0.1) is 40.4 Å². The highest BCUT2D eigenvalue weighted by Crippen LogP contribution is 2.68. The summed E-state index contributed by atoms with van der Waals surface area (Å²) in [5.41, 5.74) is 0.0218. The number of ketones is 1. The standard InChI is InChI=1S/C31H50N2O5/c1-21(34)24-8-9-25-23-7-6-22-18-29(2,12-13-30(22,3)26(23)10-11-31(24,25)4)38-28(36)20-32(5)27(35)19-33-14-16-37-17-15-33/h22-26H,6-20H2,1-5H3/t22-,23-,24+,25-,26-,29+,30-,31+/m0/s1. The SMILES string of the molecule is CC(=O)[C@H]1CC[C@H]2[C@@H]3CC[C@H]4C[C@](C)(OC(=O)CN(C)C(=O)CN5CCOCC5)CC[C@]4(C)[C@H]3CC[C@]12C. The first-order valence-electron chi connectivity index (χ1n) is 15.2. The normalized spacial score (nSPS) is 42.9. The number of amides is 1. The summed E-state index contributed by atoms with van der Waals surface area (Å²) in [5.74, 6) is 3.01. The van der Waals surface area contributed by atoms with Crippen LogP contribution in [-0.4, -0.2) is 79.5 Å². The number of carbonyl (C=O) groups excluding carboxylic acids is 3. The highest BCUT2D eigenvalue weighted by molar-refractivity contribution is 5.83. The smallest absolute Gasteiger partial charge is 0.326 e. The molecule has 1 aliphatic heterocycles. The molecule has 1 saturated heterocycles. The zero-order valence-corrected chi connectivity index (χ0v) is 24.4. The molecule has 5 rings (SSSR count). The van der Waals surface area contributed by atoms with E-state index in [0.29, 0.717) is 43.3 Å². The predicted octanol–water partition coefficient (Wildman–Crippen LogP) is 4.33. The topological polar surface area (TPSA) is 76.2 Å². The second-order valence-electron chi connectivity index (χ2n) is 14.2. The Morgan fingerprint density at radius 3 is 2.34 bits per heavy atom. The van der Waals surface area contributed by atoms with E-state index < -0.39 is 5.60 Å². The second-order valence-corrected chi connectivity index (χ2v) is 14.2. The van der Waals surface area contributed by atoms with E-state index in [1.54, 1.807) is 7.05 Å². The number of morpholine rings is 1. The molecule has 0 aromatic heterocycles. The fourth-order valence-corrected chi connectivity index (χ4v) is 9.84. The average molecular weight is 531 g/mol. The Bertz CT molecular complexity index is 933. The molecule has 0 aromatic rings. The van der Waals surface area contributed by atoms with Crippen LogP contribution in [0.1, 0.15) is 85.5 Å². The zero-order chi connectivity index (χ0) is 27.3. The number of likely N-dealkylation sites (N-methyl/N-ethyl adjacent to an activating group) is 1. The molecule has 4 aliphatic carbocycles. The zero-order valence-electron chi connectivity index (χ0n) is 24.4. The molecular formula is C31H50N2O5. The summed E-state index contributed by atoms with van der Waals surface area (Å²) < 4.78 is 11.5. The van der Waals surface area contributed by atoms with Gasteiger partial charge in [0.15, 0.2) is 0 Å². The first kappa shape index (κ1) is 28.1. The van der Waals surface area contributed by atoms with E-state index in [0.717, 1.165) is 44.7 Å². The molecule has 0 N–H and O–H groups in total. The van der Waals surface area contributed by atoms with E-state index in [9.17, 15) is 14.4 Å². The van der Waals surface area contributed by atoms with Crippen molar-refractivity contribution in [1.82, 2.24) is 9.80 Å². The molecule has 7 nitrogen and oxygen atoms in total. The van der Waals surface area contributed by atoms with Gasteiger partial charge in [0.05, 0.1) is 19.8 Å². The molecule has 7 heteroatoms. The average Bonchev–Trinajstić information content (AvgIpc) is 3.22. The van der Waals surface area contributed by atoms with Crippen molar-refractivity contribution in [3.8, 4) is 0 Å². The largest absolute Gasteiger partial charge is 0.458 e.